The summed E-state index contributed by atoms with van der Waals surface area (Å²) in [7, 11) is 1.55. The number of ether oxygens (including phenoxy) is 1. The zero-order chi connectivity index (χ0) is 12.7. The molecule has 2 atom stereocenters. The van der Waals surface area contributed by atoms with Crippen LogP contribution in [-0.4, -0.2) is 54.2 Å². The van der Waals surface area contributed by atoms with Crippen molar-refractivity contribution in [3.8, 4) is 0 Å². The SMILES string of the molecule is CCN(C(=O)C(N)CC(=O)O)C(C)COC. The fraction of sp³-hybridized carbons (Fsp3) is 0.800. The summed E-state index contributed by atoms with van der Waals surface area (Å²) in [5.74, 6) is -1.43. The molecule has 0 bridgehead atoms. The van der Waals surface area contributed by atoms with Crippen molar-refractivity contribution in [2.75, 3.05) is 20.3 Å². The third kappa shape index (κ3) is 4.59. The van der Waals surface area contributed by atoms with E-state index in [1.807, 2.05) is 13.8 Å². The smallest absolute Gasteiger partial charge is 0.305 e. The van der Waals surface area contributed by atoms with E-state index in [2.05, 4.69) is 0 Å². The summed E-state index contributed by atoms with van der Waals surface area (Å²) in [5, 5.41) is 8.55. The molecule has 0 fully saturated rings. The number of carboxylic acids is 1. The van der Waals surface area contributed by atoms with Crippen LogP contribution in [-0.2, 0) is 14.3 Å². The maximum absolute atomic E-state index is 11.8. The molecule has 0 saturated carbocycles. The third-order valence-electron chi connectivity index (χ3n) is 2.28. The van der Waals surface area contributed by atoms with Crippen molar-refractivity contribution in [3.05, 3.63) is 0 Å². The van der Waals surface area contributed by atoms with Gasteiger partial charge in [0.2, 0.25) is 5.91 Å². The van der Waals surface area contributed by atoms with Crippen LogP contribution in [0.3, 0.4) is 0 Å². The van der Waals surface area contributed by atoms with Crippen LogP contribution >= 0.6 is 0 Å². The maximum atomic E-state index is 11.8. The summed E-state index contributed by atoms with van der Waals surface area (Å²) in [6.45, 7) is 4.53. The van der Waals surface area contributed by atoms with Crippen molar-refractivity contribution < 1.29 is 19.4 Å². The lowest BCUT2D eigenvalue weighted by Crippen LogP contribution is -2.49. The average Bonchev–Trinajstić information content (AvgIpc) is 2.17. The Balaban J connectivity index is 4.45. The first-order valence-electron chi connectivity index (χ1n) is 5.20. The zero-order valence-corrected chi connectivity index (χ0v) is 9.97. The second-order valence-corrected chi connectivity index (χ2v) is 3.63. The molecule has 0 aromatic heterocycles. The van der Waals surface area contributed by atoms with Crippen LogP contribution in [0.1, 0.15) is 20.3 Å². The lowest BCUT2D eigenvalue weighted by atomic mass is 10.1. The highest BCUT2D eigenvalue weighted by molar-refractivity contribution is 5.86. The van der Waals surface area contributed by atoms with E-state index in [-0.39, 0.29) is 18.4 Å². The number of rotatable bonds is 7. The highest BCUT2D eigenvalue weighted by Crippen LogP contribution is 2.04. The Hall–Kier alpha value is -1.14. The van der Waals surface area contributed by atoms with Crippen molar-refractivity contribution in [3.63, 3.8) is 0 Å². The summed E-state index contributed by atoms with van der Waals surface area (Å²) in [4.78, 5) is 23.8. The Kier molecular flexibility index (Phi) is 6.67. The number of carbonyl (C=O) groups is 2. The van der Waals surface area contributed by atoms with E-state index in [4.69, 9.17) is 15.6 Å². The topological polar surface area (TPSA) is 92.9 Å². The van der Waals surface area contributed by atoms with Gasteiger partial charge in [-0.2, -0.15) is 0 Å². The molecule has 0 heterocycles. The number of nitrogens with two attached hydrogens (primary N) is 1. The van der Waals surface area contributed by atoms with Crippen LogP contribution in [0.2, 0.25) is 0 Å². The summed E-state index contributed by atoms with van der Waals surface area (Å²) in [6, 6.07) is -1.10. The molecule has 0 aliphatic heterocycles. The van der Waals surface area contributed by atoms with Gasteiger partial charge < -0.3 is 20.5 Å². The van der Waals surface area contributed by atoms with Crippen molar-refractivity contribution in [1.82, 2.24) is 4.90 Å². The second kappa shape index (κ2) is 7.19. The second-order valence-electron chi connectivity index (χ2n) is 3.63. The van der Waals surface area contributed by atoms with Crippen LogP contribution < -0.4 is 5.73 Å². The predicted octanol–water partition coefficient (Wildman–Crippen LogP) is -0.328. The molecule has 0 rings (SSSR count). The molecule has 6 heteroatoms. The molecule has 0 aliphatic carbocycles. The van der Waals surface area contributed by atoms with Crippen molar-refractivity contribution in [2.24, 2.45) is 5.73 Å². The van der Waals surface area contributed by atoms with Crippen LogP contribution in [0.4, 0.5) is 0 Å². The van der Waals surface area contributed by atoms with E-state index < -0.39 is 12.0 Å². The van der Waals surface area contributed by atoms with E-state index in [1.54, 1.807) is 7.11 Å². The lowest BCUT2D eigenvalue weighted by molar-refractivity contribution is -0.143. The van der Waals surface area contributed by atoms with Gasteiger partial charge in [0.1, 0.15) is 0 Å². The van der Waals surface area contributed by atoms with Gasteiger partial charge in [-0.3, -0.25) is 9.59 Å². The van der Waals surface area contributed by atoms with Crippen LogP contribution in [0, 0.1) is 0 Å². The summed E-state index contributed by atoms with van der Waals surface area (Å²) >= 11 is 0. The molecule has 0 radical (unpaired) electrons. The normalized spacial score (nSPS) is 14.2. The molecule has 1 amide bonds. The number of hydrogen-bond acceptors (Lipinski definition) is 4. The molecule has 6 nitrogen and oxygen atoms in total. The molecule has 94 valence electrons. The van der Waals surface area contributed by atoms with Gasteiger partial charge in [0.15, 0.2) is 0 Å². The third-order valence-corrected chi connectivity index (χ3v) is 2.28. The van der Waals surface area contributed by atoms with Gasteiger partial charge in [-0.05, 0) is 13.8 Å². The largest absolute Gasteiger partial charge is 0.481 e. The molecule has 16 heavy (non-hydrogen) atoms. The van der Waals surface area contributed by atoms with E-state index in [9.17, 15) is 9.59 Å². The van der Waals surface area contributed by atoms with Crippen LogP contribution in [0.5, 0.6) is 0 Å². The number of carboxylic acid groups (broad SMARTS) is 1. The molecule has 3 N–H and O–H groups in total. The summed E-state index contributed by atoms with van der Waals surface area (Å²) in [5.41, 5.74) is 5.52. The van der Waals surface area contributed by atoms with Gasteiger partial charge in [0.25, 0.3) is 0 Å². The lowest BCUT2D eigenvalue weighted by Gasteiger charge is -2.29. The number of aliphatic carboxylic acids is 1. The van der Waals surface area contributed by atoms with Gasteiger partial charge >= 0.3 is 5.97 Å². The number of likely N-dealkylation sites (N-methyl/N-ethyl adjacent to an activating group) is 1. The fourth-order valence-corrected chi connectivity index (χ4v) is 1.50. The molecule has 0 aromatic rings. The first-order chi connectivity index (χ1) is 7.43. The van der Waals surface area contributed by atoms with Gasteiger partial charge in [-0.25, -0.2) is 0 Å². The van der Waals surface area contributed by atoms with E-state index in [0.29, 0.717) is 13.2 Å². The highest BCUT2D eigenvalue weighted by Gasteiger charge is 2.25. The van der Waals surface area contributed by atoms with Gasteiger partial charge in [-0.15, -0.1) is 0 Å². The molecule has 2 unspecified atom stereocenters. The monoisotopic (exact) mass is 232 g/mol. The standard InChI is InChI=1S/C10H20N2O4/c1-4-12(7(2)6-16-3)10(15)8(11)5-9(13)14/h7-8H,4-6,11H2,1-3H3,(H,13,14). The Bertz CT molecular complexity index is 245. The summed E-state index contributed by atoms with van der Waals surface area (Å²) < 4.78 is 4.95. The van der Waals surface area contributed by atoms with Crippen molar-refractivity contribution in [2.45, 2.75) is 32.4 Å². The number of hydrogen-bond donors (Lipinski definition) is 2. The molecule has 0 aliphatic rings. The zero-order valence-electron chi connectivity index (χ0n) is 9.97. The van der Waals surface area contributed by atoms with E-state index in [1.165, 1.54) is 4.90 Å². The van der Waals surface area contributed by atoms with E-state index in [0.717, 1.165) is 0 Å². The van der Waals surface area contributed by atoms with Crippen LogP contribution in [0.15, 0.2) is 0 Å². The van der Waals surface area contributed by atoms with E-state index >= 15 is 0 Å². The molecule has 0 spiro atoms. The first kappa shape index (κ1) is 14.9. The number of methoxy groups -OCH3 is 1. The highest BCUT2D eigenvalue weighted by atomic mass is 16.5. The minimum Gasteiger partial charge on any atom is -0.481 e. The van der Waals surface area contributed by atoms with Gasteiger partial charge in [0, 0.05) is 13.7 Å². The minimum atomic E-state index is -1.07. The molecule has 0 aromatic carbocycles. The molecular weight excluding hydrogens is 212 g/mol. The van der Waals surface area contributed by atoms with Crippen LogP contribution in [0.25, 0.3) is 0 Å². The van der Waals surface area contributed by atoms with Crippen molar-refractivity contribution >= 4 is 11.9 Å². The number of nitrogens with zero attached hydrogens (tertiary/aromatic N) is 1. The Labute approximate surface area is 95.4 Å². The summed E-state index contributed by atoms with van der Waals surface area (Å²) in [6.07, 6.45) is -0.352. The van der Waals surface area contributed by atoms with Gasteiger partial charge in [-0.1, -0.05) is 0 Å². The quantitative estimate of drug-likeness (QED) is 0.627. The Morgan fingerprint density at radius 3 is 2.44 bits per heavy atom. The van der Waals surface area contributed by atoms with Crippen molar-refractivity contribution in [1.29, 1.82) is 0 Å². The Morgan fingerprint density at radius 1 is 1.50 bits per heavy atom. The molecular formula is C10H20N2O4. The molecule has 0 saturated heterocycles. The minimum absolute atomic E-state index is 0.109. The average molecular weight is 232 g/mol. The van der Waals surface area contributed by atoms with Gasteiger partial charge in [0.05, 0.1) is 25.1 Å². The predicted molar refractivity (Wildman–Crippen MR) is 59.0 cm³/mol. The fourth-order valence-electron chi connectivity index (χ4n) is 1.50. The Morgan fingerprint density at radius 2 is 2.06 bits per heavy atom. The number of amides is 1. The first-order valence-corrected chi connectivity index (χ1v) is 5.20. The number of carbonyl (C=O) groups excluding carboxylic acids is 1. The maximum Gasteiger partial charge on any atom is 0.305 e.